The van der Waals surface area contributed by atoms with Crippen LogP contribution < -0.4 is 5.32 Å². The standard InChI is InChI=1S/C21H27NO3/c1-5-20(3)14-17(25-19(23)16-10-7-6-8-11-16)15(2)21(4,22-20)18-12-9-13-24-18/h6-13,15,17,22H,5,14H2,1-4H3. The number of esters is 1. The lowest BCUT2D eigenvalue weighted by Crippen LogP contribution is -2.64. The van der Waals surface area contributed by atoms with Crippen LogP contribution in [0.5, 0.6) is 0 Å². The van der Waals surface area contributed by atoms with Gasteiger partial charge in [0.1, 0.15) is 11.9 Å². The average molecular weight is 341 g/mol. The summed E-state index contributed by atoms with van der Waals surface area (Å²) in [5, 5.41) is 3.77. The summed E-state index contributed by atoms with van der Waals surface area (Å²) in [6.07, 6.45) is 3.22. The molecule has 3 rings (SSSR count). The van der Waals surface area contributed by atoms with Gasteiger partial charge in [0.2, 0.25) is 0 Å². The number of ether oxygens (including phenoxy) is 1. The van der Waals surface area contributed by atoms with Gasteiger partial charge in [0, 0.05) is 17.9 Å². The van der Waals surface area contributed by atoms with E-state index in [0.717, 1.165) is 18.6 Å². The molecule has 4 unspecified atom stereocenters. The Balaban J connectivity index is 1.89. The molecular weight excluding hydrogens is 314 g/mol. The van der Waals surface area contributed by atoms with E-state index in [9.17, 15) is 4.79 Å². The molecular formula is C21H27NO3. The molecule has 1 aliphatic rings. The van der Waals surface area contributed by atoms with E-state index in [1.165, 1.54) is 0 Å². The molecule has 1 aliphatic heterocycles. The van der Waals surface area contributed by atoms with E-state index in [-0.39, 0.29) is 23.5 Å². The molecule has 1 N–H and O–H groups in total. The number of furan rings is 1. The molecule has 1 aromatic heterocycles. The average Bonchev–Trinajstić information content (AvgIpc) is 3.15. The number of benzene rings is 1. The molecule has 4 nitrogen and oxygen atoms in total. The predicted molar refractivity (Wildman–Crippen MR) is 97.3 cm³/mol. The van der Waals surface area contributed by atoms with Gasteiger partial charge in [-0.3, -0.25) is 5.32 Å². The molecule has 4 atom stereocenters. The topological polar surface area (TPSA) is 51.5 Å². The molecule has 0 spiro atoms. The van der Waals surface area contributed by atoms with Crippen LogP contribution in [0.25, 0.3) is 0 Å². The highest BCUT2D eigenvalue weighted by Gasteiger charge is 2.51. The molecule has 0 amide bonds. The van der Waals surface area contributed by atoms with E-state index in [4.69, 9.17) is 9.15 Å². The van der Waals surface area contributed by atoms with Gasteiger partial charge in [-0.05, 0) is 44.5 Å². The number of carbonyl (C=O) groups excluding carboxylic acids is 1. The molecule has 1 aromatic carbocycles. The second kappa shape index (κ2) is 6.68. The Morgan fingerprint density at radius 1 is 1.24 bits per heavy atom. The van der Waals surface area contributed by atoms with E-state index in [1.54, 1.807) is 18.4 Å². The first-order valence-corrected chi connectivity index (χ1v) is 8.97. The smallest absolute Gasteiger partial charge is 0.338 e. The van der Waals surface area contributed by atoms with E-state index in [1.807, 2.05) is 30.3 Å². The Morgan fingerprint density at radius 2 is 1.96 bits per heavy atom. The Kier molecular flexibility index (Phi) is 4.74. The maximum Gasteiger partial charge on any atom is 0.338 e. The lowest BCUT2D eigenvalue weighted by Gasteiger charge is -2.51. The SMILES string of the molecule is CCC1(C)CC(OC(=O)c2ccccc2)C(C)C(C)(c2ccco2)N1. The summed E-state index contributed by atoms with van der Waals surface area (Å²) in [6, 6.07) is 13.1. The van der Waals surface area contributed by atoms with Crippen LogP contribution in [0.15, 0.2) is 53.1 Å². The minimum Gasteiger partial charge on any atom is -0.467 e. The third-order valence-electron chi connectivity index (χ3n) is 5.76. The van der Waals surface area contributed by atoms with Crippen LogP contribution in [0.4, 0.5) is 0 Å². The molecule has 25 heavy (non-hydrogen) atoms. The second-order valence-corrected chi connectivity index (χ2v) is 7.52. The summed E-state index contributed by atoms with van der Waals surface area (Å²) in [7, 11) is 0. The van der Waals surface area contributed by atoms with Crippen LogP contribution in [0, 0.1) is 5.92 Å². The first-order valence-electron chi connectivity index (χ1n) is 8.97. The van der Waals surface area contributed by atoms with Crippen molar-refractivity contribution in [3.05, 3.63) is 60.1 Å². The monoisotopic (exact) mass is 341 g/mol. The zero-order valence-corrected chi connectivity index (χ0v) is 15.4. The van der Waals surface area contributed by atoms with Crippen molar-refractivity contribution in [1.29, 1.82) is 0 Å². The van der Waals surface area contributed by atoms with Crippen LogP contribution in [-0.2, 0) is 10.3 Å². The lowest BCUT2D eigenvalue weighted by atomic mass is 9.70. The van der Waals surface area contributed by atoms with Gasteiger partial charge in [-0.15, -0.1) is 0 Å². The van der Waals surface area contributed by atoms with Crippen LogP contribution in [-0.4, -0.2) is 17.6 Å². The predicted octanol–water partition coefficient (Wildman–Crippen LogP) is 4.52. The third-order valence-corrected chi connectivity index (χ3v) is 5.76. The summed E-state index contributed by atoms with van der Waals surface area (Å²) in [6.45, 7) is 8.59. The van der Waals surface area contributed by atoms with Gasteiger partial charge in [-0.25, -0.2) is 4.79 Å². The largest absolute Gasteiger partial charge is 0.467 e. The molecule has 1 saturated heterocycles. The van der Waals surface area contributed by atoms with Crippen LogP contribution in [0.1, 0.15) is 56.7 Å². The molecule has 0 aliphatic carbocycles. The highest BCUT2D eigenvalue weighted by molar-refractivity contribution is 5.89. The van der Waals surface area contributed by atoms with Crippen molar-refractivity contribution >= 4 is 5.97 Å². The van der Waals surface area contributed by atoms with Crippen LogP contribution in [0.2, 0.25) is 0 Å². The zero-order chi connectivity index (χ0) is 18.1. The highest BCUT2D eigenvalue weighted by Crippen LogP contribution is 2.43. The molecule has 4 heteroatoms. The maximum absolute atomic E-state index is 12.6. The number of hydrogen-bond acceptors (Lipinski definition) is 4. The normalized spacial score (nSPS) is 32.3. The summed E-state index contributed by atoms with van der Waals surface area (Å²) < 4.78 is 11.7. The first-order chi connectivity index (χ1) is 11.9. The highest BCUT2D eigenvalue weighted by atomic mass is 16.5. The van der Waals surface area contributed by atoms with Crippen molar-refractivity contribution in [2.45, 2.75) is 57.7 Å². The number of rotatable bonds is 4. The van der Waals surface area contributed by atoms with Crippen molar-refractivity contribution in [1.82, 2.24) is 5.32 Å². The fraction of sp³-hybridized carbons (Fsp3) is 0.476. The van der Waals surface area contributed by atoms with Gasteiger partial charge in [0.15, 0.2) is 0 Å². The molecule has 2 aromatic rings. The number of nitrogens with one attached hydrogen (secondary N) is 1. The van der Waals surface area contributed by atoms with E-state index in [0.29, 0.717) is 5.56 Å². The third kappa shape index (κ3) is 3.36. The van der Waals surface area contributed by atoms with Crippen molar-refractivity contribution in [2.75, 3.05) is 0 Å². The second-order valence-electron chi connectivity index (χ2n) is 7.52. The van der Waals surface area contributed by atoms with Crippen molar-refractivity contribution in [3.63, 3.8) is 0 Å². The Hall–Kier alpha value is -2.07. The van der Waals surface area contributed by atoms with Gasteiger partial charge < -0.3 is 9.15 Å². The molecule has 0 bridgehead atoms. The fourth-order valence-corrected chi connectivity index (χ4v) is 3.80. The van der Waals surface area contributed by atoms with Crippen LogP contribution in [0.3, 0.4) is 0 Å². The van der Waals surface area contributed by atoms with Gasteiger partial charge in [0.25, 0.3) is 0 Å². The van der Waals surface area contributed by atoms with Gasteiger partial charge >= 0.3 is 5.97 Å². The van der Waals surface area contributed by atoms with E-state index < -0.39 is 5.54 Å². The number of carbonyl (C=O) groups is 1. The van der Waals surface area contributed by atoms with E-state index in [2.05, 4.69) is 33.0 Å². The minimum absolute atomic E-state index is 0.0749. The van der Waals surface area contributed by atoms with Crippen molar-refractivity contribution < 1.29 is 13.9 Å². The quantitative estimate of drug-likeness (QED) is 0.831. The van der Waals surface area contributed by atoms with E-state index >= 15 is 0 Å². The van der Waals surface area contributed by atoms with Crippen LogP contribution >= 0.6 is 0 Å². The molecule has 134 valence electrons. The maximum atomic E-state index is 12.6. The fourth-order valence-electron chi connectivity index (χ4n) is 3.80. The van der Waals surface area contributed by atoms with Gasteiger partial charge in [-0.2, -0.15) is 0 Å². The summed E-state index contributed by atoms with van der Waals surface area (Å²) in [4.78, 5) is 12.6. The molecule has 1 fully saturated rings. The Bertz CT molecular complexity index is 712. The Labute approximate surface area is 149 Å². The molecule has 0 saturated carbocycles. The van der Waals surface area contributed by atoms with Crippen molar-refractivity contribution in [2.24, 2.45) is 5.92 Å². The summed E-state index contributed by atoms with van der Waals surface area (Å²) in [5.41, 5.74) is 0.0650. The summed E-state index contributed by atoms with van der Waals surface area (Å²) in [5.74, 6) is 0.686. The summed E-state index contributed by atoms with van der Waals surface area (Å²) >= 11 is 0. The minimum atomic E-state index is -0.395. The number of piperidine rings is 1. The Morgan fingerprint density at radius 3 is 2.56 bits per heavy atom. The zero-order valence-electron chi connectivity index (χ0n) is 15.4. The van der Waals surface area contributed by atoms with Crippen molar-refractivity contribution in [3.8, 4) is 0 Å². The lowest BCUT2D eigenvalue weighted by molar-refractivity contribution is -0.0548. The first kappa shape index (κ1) is 17.7. The van der Waals surface area contributed by atoms with Gasteiger partial charge in [-0.1, -0.05) is 32.0 Å². The number of hydrogen-bond donors (Lipinski definition) is 1. The molecule has 0 radical (unpaired) electrons. The molecule has 2 heterocycles. The van der Waals surface area contributed by atoms with Gasteiger partial charge in [0.05, 0.1) is 17.4 Å².